The van der Waals surface area contributed by atoms with Gasteiger partial charge in [-0.25, -0.2) is 4.79 Å². The van der Waals surface area contributed by atoms with E-state index in [1.165, 1.54) is 0 Å². The number of carboxylic acid groups (broad SMARTS) is 1. The predicted octanol–water partition coefficient (Wildman–Crippen LogP) is 1.39. The van der Waals surface area contributed by atoms with Crippen LogP contribution in [0.15, 0.2) is 24.3 Å². The van der Waals surface area contributed by atoms with Gasteiger partial charge in [-0.15, -0.1) is 0 Å². The van der Waals surface area contributed by atoms with Gasteiger partial charge in [-0.2, -0.15) is 0 Å². The summed E-state index contributed by atoms with van der Waals surface area (Å²) < 4.78 is 0. The summed E-state index contributed by atoms with van der Waals surface area (Å²) in [7, 11) is 0. The van der Waals surface area contributed by atoms with E-state index in [1.54, 1.807) is 24.3 Å². The smallest absolute Gasteiger partial charge is 0.335 e. The molecule has 5 nitrogen and oxygen atoms in total. The van der Waals surface area contributed by atoms with Crippen molar-refractivity contribution in [1.29, 1.82) is 0 Å². The van der Waals surface area contributed by atoms with Crippen LogP contribution in [0.1, 0.15) is 35.2 Å². The van der Waals surface area contributed by atoms with E-state index in [2.05, 4.69) is 10.6 Å². The molecule has 3 N–H and O–H groups in total. The molecule has 112 valence electrons. The number of aromatic carboxylic acids is 1. The lowest BCUT2D eigenvalue weighted by molar-refractivity contribution is -0.123. The fraction of sp³-hybridized carbons (Fsp3) is 0.500. The second-order valence-electron chi connectivity index (χ2n) is 6.09. The maximum Gasteiger partial charge on any atom is 0.335 e. The summed E-state index contributed by atoms with van der Waals surface area (Å²) in [6.45, 7) is 2.49. The quantitative estimate of drug-likeness (QED) is 0.782. The zero-order valence-electron chi connectivity index (χ0n) is 11.9. The molecule has 3 rings (SSSR count). The average molecular weight is 288 g/mol. The third-order valence-corrected chi connectivity index (χ3v) is 4.77. The van der Waals surface area contributed by atoms with Crippen LogP contribution >= 0.6 is 0 Å². The Morgan fingerprint density at radius 2 is 1.90 bits per heavy atom. The van der Waals surface area contributed by atoms with Crippen molar-refractivity contribution in [3.8, 4) is 0 Å². The zero-order valence-corrected chi connectivity index (χ0v) is 11.9. The summed E-state index contributed by atoms with van der Waals surface area (Å²) in [5, 5.41) is 15.1. The largest absolute Gasteiger partial charge is 0.478 e. The number of hydrogen-bond acceptors (Lipinski definition) is 3. The Bertz CT molecular complexity index is 547. The third kappa shape index (κ3) is 2.93. The number of rotatable bonds is 4. The maximum atomic E-state index is 12.2. The van der Waals surface area contributed by atoms with Crippen molar-refractivity contribution in [3.05, 3.63) is 35.4 Å². The van der Waals surface area contributed by atoms with Crippen molar-refractivity contribution >= 4 is 11.9 Å². The van der Waals surface area contributed by atoms with Crippen molar-refractivity contribution in [2.45, 2.75) is 25.8 Å². The molecule has 1 saturated heterocycles. The second kappa shape index (κ2) is 5.48. The minimum Gasteiger partial charge on any atom is -0.478 e. The summed E-state index contributed by atoms with van der Waals surface area (Å²) in [6.07, 6.45) is 3.20. The summed E-state index contributed by atoms with van der Waals surface area (Å²) >= 11 is 0. The Balaban J connectivity index is 1.51. The normalized spacial score (nSPS) is 22.8. The number of benzene rings is 1. The molecule has 1 amide bonds. The van der Waals surface area contributed by atoms with Crippen molar-refractivity contribution in [1.82, 2.24) is 10.6 Å². The van der Waals surface area contributed by atoms with Crippen LogP contribution in [0.2, 0.25) is 0 Å². The Morgan fingerprint density at radius 3 is 2.52 bits per heavy atom. The molecule has 1 unspecified atom stereocenters. The van der Waals surface area contributed by atoms with E-state index >= 15 is 0 Å². The fourth-order valence-electron chi connectivity index (χ4n) is 3.27. The maximum absolute atomic E-state index is 12.2. The number of hydrogen-bond donors (Lipinski definition) is 3. The van der Waals surface area contributed by atoms with Crippen molar-refractivity contribution in [2.24, 2.45) is 11.3 Å². The van der Waals surface area contributed by atoms with E-state index in [-0.39, 0.29) is 22.8 Å². The van der Waals surface area contributed by atoms with Gasteiger partial charge in [-0.1, -0.05) is 12.1 Å². The SMILES string of the molecule is O=C(O)c1ccc(CNC(=O)C2CC23CCNCC3)cc1. The van der Waals surface area contributed by atoms with Gasteiger partial charge in [0.05, 0.1) is 5.56 Å². The molecular weight excluding hydrogens is 268 g/mol. The molecule has 1 spiro atoms. The summed E-state index contributed by atoms with van der Waals surface area (Å²) in [4.78, 5) is 23.0. The Labute approximate surface area is 123 Å². The van der Waals surface area contributed by atoms with Gasteiger partial charge in [-0.05, 0) is 55.5 Å². The molecule has 0 bridgehead atoms. The van der Waals surface area contributed by atoms with E-state index in [0.29, 0.717) is 6.54 Å². The van der Waals surface area contributed by atoms with Crippen LogP contribution in [0.3, 0.4) is 0 Å². The van der Waals surface area contributed by atoms with E-state index < -0.39 is 5.97 Å². The van der Waals surface area contributed by atoms with Crippen molar-refractivity contribution < 1.29 is 14.7 Å². The molecule has 1 saturated carbocycles. The highest BCUT2D eigenvalue weighted by Gasteiger charge is 2.57. The van der Waals surface area contributed by atoms with Gasteiger partial charge >= 0.3 is 5.97 Å². The zero-order chi connectivity index (χ0) is 14.9. The number of piperidine rings is 1. The highest BCUT2D eigenvalue weighted by atomic mass is 16.4. The first-order valence-electron chi connectivity index (χ1n) is 7.41. The first-order valence-corrected chi connectivity index (χ1v) is 7.41. The van der Waals surface area contributed by atoms with Crippen LogP contribution in [0.5, 0.6) is 0 Å². The molecule has 0 aromatic heterocycles. The van der Waals surface area contributed by atoms with Gasteiger partial charge in [0.1, 0.15) is 0 Å². The van der Waals surface area contributed by atoms with Gasteiger partial charge < -0.3 is 15.7 Å². The Morgan fingerprint density at radius 1 is 1.24 bits per heavy atom. The van der Waals surface area contributed by atoms with Gasteiger partial charge in [0.2, 0.25) is 5.91 Å². The fourth-order valence-corrected chi connectivity index (χ4v) is 3.27. The number of carbonyl (C=O) groups excluding carboxylic acids is 1. The monoisotopic (exact) mass is 288 g/mol. The van der Waals surface area contributed by atoms with Crippen LogP contribution in [0, 0.1) is 11.3 Å². The van der Waals surface area contributed by atoms with E-state index in [4.69, 9.17) is 5.11 Å². The van der Waals surface area contributed by atoms with Crippen molar-refractivity contribution in [3.63, 3.8) is 0 Å². The average Bonchev–Trinajstić information content (AvgIpc) is 3.19. The Kier molecular flexibility index (Phi) is 3.68. The number of carbonyl (C=O) groups is 2. The van der Waals surface area contributed by atoms with E-state index in [9.17, 15) is 9.59 Å². The molecule has 0 radical (unpaired) electrons. The molecule has 21 heavy (non-hydrogen) atoms. The van der Waals surface area contributed by atoms with Crippen LogP contribution in [0.25, 0.3) is 0 Å². The minimum atomic E-state index is -0.934. The van der Waals surface area contributed by atoms with Crippen LogP contribution in [-0.2, 0) is 11.3 Å². The third-order valence-electron chi connectivity index (χ3n) is 4.77. The van der Waals surface area contributed by atoms with E-state index in [0.717, 1.165) is 37.9 Å². The summed E-state index contributed by atoms with van der Waals surface area (Å²) in [5.41, 5.74) is 1.44. The molecule has 1 atom stereocenters. The molecular formula is C16H20N2O3. The summed E-state index contributed by atoms with van der Waals surface area (Å²) in [6, 6.07) is 6.62. The molecule has 1 aromatic carbocycles. The molecule has 1 aromatic rings. The van der Waals surface area contributed by atoms with Crippen LogP contribution in [-0.4, -0.2) is 30.1 Å². The first-order chi connectivity index (χ1) is 10.1. The first kappa shape index (κ1) is 14.1. The molecule has 2 fully saturated rings. The summed E-state index contributed by atoms with van der Waals surface area (Å²) in [5.74, 6) is -0.631. The number of carboxylic acids is 1. The number of amides is 1. The molecule has 5 heteroatoms. The van der Waals surface area contributed by atoms with Gasteiger partial charge in [0.25, 0.3) is 0 Å². The van der Waals surface area contributed by atoms with E-state index in [1.807, 2.05) is 0 Å². The van der Waals surface area contributed by atoms with Gasteiger partial charge in [0, 0.05) is 12.5 Å². The molecule has 1 heterocycles. The van der Waals surface area contributed by atoms with Gasteiger partial charge in [-0.3, -0.25) is 4.79 Å². The lowest BCUT2D eigenvalue weighted by atomic mass is 9.92. The predicted molar refractivity (Wildman–Crippen MR) is 77.9 cm³/mol. The highest BCUT2D eigenvalue weighted by Crippen LogP contribution is 2.58. The lowest BCUT2D eigenvalue weighted by Crippen LogP contribution is -2.33. The molecule has 1 aliphatic heterocycles. The minimum absolute atomic E-state index is 0.138. The highest BCUT2D eigenvalue weighted by molar-refractivity contribution is 5.87. The second-order valence-corrected chi connectivity index (χ2v) is 6.09. The lowest BCUT2D eigenvalue weighted by Gasteiger charge is -2.23. The van der Waals surface area contributed by atoms with Crippen LogP contribution < -0.4 is 10.6 Å². The van der Waals surface area contributed by atoms with Crippen molar-refractivity contribution in [2.75, 3.05) is 13.1 Å². The number of nitrogens with one attached hydrogen (secondary N) is 2. The van der Waals surface area contributed by atoms with Crippen LogP contribution in [0.4, 0.5) is 0 Å². The van der Waals surface area contributed by atoms with Gasteiger partial charge in [0.15, 0.2) is 0 Å². The topological polar surface area (TPSA) is 78.4 Å². The molecule has 2 aliphatic rings. The Hall–Kier alpha value is -1.88. The molecule has 1 aliphatic carbocycles. The standard InChI is InChI=1S/C16H20N2O3/c19-14(13-9-16(13)5-7-17-8-6-16)18-10-11-1-3-12(4-2-11)15(20)21/h1-4,13,17H,5-10H2,(H,18,19)(H,20,21).